The topological polar surface area (TPSA) is 106 Å². The van der Waals surface area contributed by atoms with Crippen LogP contribution in [0.4, 0.5) is 23.0 Å². The van der Waals surface area contributed by atoms with E-state index in [1.807, 2.05) is 6.92 Å². The number of aromatic nitrogens is 2. The number of nitrogens with two attached hydrogens (primary N) is 1. The predicted molar refractivity (Wildman–Crippen MR) is 187 cm³/mol. The van der Waals surface area contributed by atoms with Crippen LogP contribution in [0.1, 0.15) is 59.9 Å². The molecule has 0 atom stereocenters. The van der Waals surface area contributed by atoms with Gasteiger partial charge in [-0.05, 0) is 75.4 Å². The number of rotatable bonds is 10. The summed E-state index contributed by atoms with van der Waals surface area (Å²) in [6, 6.07) is 18.0. The highest BCUT2D eigenvalue weighted by Crippen LogP contribution is 2.30. The van der Waals surface area contributed by atoms with E-state index in [9.17, 15) is 4.79 Å². The largest absolute Gasteiger partial charge is 0.371 e. The number of piperazine rings is 1. The summed E-state index contributed by atoms with van der Waals surface area (Å²) in [5.41, 5.74) is 11.4. The Balaban J connectivity index is 1.10. The number of nitrogens with zero attached hydrogens (tertiary/aromatic N) is 6. The van der Waals surface area contributed by atoms with Crippen molar-refractivity contribution in [3.8, 4) is 0 Å². The third-order valence-electron chi connectivity index (χ3n) is 10.0. The molecule has 10 nitrogen and oxygen atoms in total. The minimum absolute atomic E-state index is 0.174. The number of carbonyl (C=O) groups excluding carboxylic acids is 1. The molecule has 0 spiro atoms. The SMILES string of the molecule is CCc1nc(C(N)=O)c(Nc2ccc(N3CCC(N4CCN(C)CC4)CC3)c(C)c2)nc1NC1CCN(Cc2ccccc2)CC1. The molecule has 1 aromatic heterocycles. The second kappa shape index (κ2) is 14.8. The minimum atomic E-state index is -0.581. The third kappa shape index (κ3) is 7.79. The second-order valence-corrected chi connectivity index (χ2v) is 13.3. The van der Waals surface area contributed by atoms with Crippen LogP contribution in [0.25, 0.3) is 0 Å². The molecule has 4 N–H and O–H groups in total. The van der Waals surface area contributed by atoms with Gasteiger partial charge in [-0.15, -0.1) is 0 Å². The van der Waals surface area contributed by atoms with E-state index in [1.165, 1.54) is 55.8 Å². The van der Waals surface area contributed by atoms with Crippen LogP contribution in [-0.2, 0) is 13.0 Å². The normalized spacial score (nSPS) is 19.3. The Bertz CT molecular complexity index is 1460. The van der Waals surface area contributed by atoms with Gasteiger partial charge < -0.3 is 26.2 Å². The molecule has 3 aliphatic heterocycles. The van der Waals surface area contributed by atoms with Crippen molar-refractivity contribution in [2.24, 2.45) is 5.73 Å². The number of piperidine rings is 2. The number of hydrogen-bond acceptors (Lipinski definition) is 9. The van der Waals surface area contributed by atoms with Crippen molar-refractivity contribution < 1.29 is 4.79 Å². The molecule has 2 aromatic carbocycles. The van der Waals surface area contributed by atoms with Crippen LogP contribution in [0.15, 0.2) is 48.5 Å². The van der Waals surface area contributed by atoms with Gasteiger partial charge in [0.1, 0.15) is 0 Å². The van der Waals surface area contributed by atoms with Crippen molar-refractivity contribution in [1.29, 1.82) is 0 Å². The number of likely N-dealkylation sites (N-methyl/N-ethyl adjacent to an activating group) is 1. The average molecular weight is 626 g/mol. The maximum atomic E-state index is 12.5. The number of likely N-dealkylation sites (tertiary alicyclic amines) is 1. The standard InChI is InChI=1S/C36H51N9O/c1-4-31-35(38-28-12-16-43(17-13-28)25-27-8-6-5-7-9-27)41-36(33(40-31)34(37)46)39-29-10-11-32(26(2)24-29)45-18-14-30(15-19-45)44-22-20-42(3)21-23-44/h5-11,24,28,30H,4,12-23,25H2,1-3H3,(H2,37,46)(H2,38,39,41). The molecule has 3 aromatic rings. The van der Waals surface area contributed by atoms with Gasteiger partial charge in [-0.1, -0.05) is 37.3 Å². The Kier molecular flexibility index (Phi) is 10.4. The first kappa shape index (κ1) is 32.2. The monoisotopic (exact) mass is 625 g/mol. The zero-order valence-electron chi connectivity index (χ0n) is 27.8. The van der Waals surface area contributed by atoms with Gasteiger partial charge in [0, 0.05) is 82.4 Å². The fraction of sp³-hybridized carbons (Fsp3) is 0.528. The van der Waals surface area contributed by atoms with Crippen molar-refractivity contribution in [3.63, 3.8) is 0 Å². The van der Waals surface area contributed by atoms with Crippen LogP contribution in [0.3, 0.4) is 0 Å². The number of hydrogen-bond donors (Lipinski definition) is 3. The summed E-state index contributed by atoms with van der Waals surface area (Å²) in [6.45, 7) is 14.0. The predicted octanol–water partition coefficient (Wildman–Crippen LogP) is 4.48. The van der Waals surface area contributed by atoms with Gasteiger partial charge >= 0.3 is 0 Å². The first-order valence-electron chi connectivity index (χ1n) is 17.1. The summed E-state index contributed by atoms with van der Waals surface area (Å²) < 4.78 is 0. The van der Waals surface area contributed by atoms with Gasteiger partial charge in [0.15, 0.2) is 17.3 Å². The Hall–Kier alpha value is -3.73. The third-order valence-corrected chi connectivity index (χ3v) is 10.0. The van der Waals surface area contributed by atoms with Crippen molar-refractivity contribution in [3.05, 3.63) is 71.0 Å². The molecule has 0 saturated carbocycles. The highest BCUT2D eigenvalue weighted by atomic mass is 16.1. The van der Waals surface area contributed by atoms with Crippen LogP contribution < -0.4 is 21.3 Å². The molecule has 0 unspecified atom stereocenters. The molecule has 0 aliphatic carbocycles. The van der Waals surface area contributed by atoms with Gasteiger partial charge in [-0.25, -0.2) is 9.97 Å². The smallest absolute Gasteiger partial charge is 0.271 e. The molecule has 3 saturated heterocycles. The van der Waals surface area contributed by atoms with E-state index >= 15 is 0 Å². The summed E-state index contributed by atoms with van der Waals surface area (Å²) >= 11 is 0. The van der Waals surface area contributed by atoms with Crippen molar-refractivity contribution >= 4 is 28.9 Å². The molecule has 3 fully saturated rings. The van der Waals surface area contributed by atoms with E-state index in [-0.39, 0.29) is 5.69 Å². The zero-order valence-corrected chi connectivity index (χ0v) is 27.8. The van der Waals surface area contributed by atoms with Crippen molar-refractivity contribution in [1.82, 2.24) is 24.7 Å². The molecule has 10 heteroatoms. The van der Waals surface area contributed by atoms with Gasteiger partial charge in [0.05, 0.1) is 5.69 Å². The van der Waals surface area contributed by atoms with E-state index in [2.05, 4.69) is 92.7 Å². The first-order valence-corrected chi connectivity index (χ1v) is 17.1. The number of aryl methyl sites for hydroxylation is 2. The van der Waals surface area contributed by atoms with E-state index < -0.39 is 5.91 Å². The van der Waals surface area contributed by atoms with Crippen LogP contribution in [0.2, 0.25) is 0 Å². The Labute approximate surface area is 274 Å². The van der Waals surface area contributed by atoms with Crippen LogP contribution >= 0.6 is 0 Å². The zero-order chi connectivity index (χ0) is 32.0. The van der Waals surface area contributed by atoms with Gasteiger partial charge in [0.25, 0.3) is 5.91 Å². The fourth-order valence-electron chi connectivity index (χ4n) is 7.25. The Morgan fingerprint density at radius 3 is 2.26 bits per heavy atom. The average Bonchev–Trinajstić information content (AvgIpc) is 3.07. The Morgan fingerprint density at radius 2 is 1.61 bits per heavy atom. The highest BCUT2D eigenvalue weighted by molar-refractivity contribution is 5.96. The van der Waals surface area contributed by atoms with Gasteiger partial charge in [0.2, 0.25) is 0 Å². The number of carbonyl (C=O) groups is 1. The maximum Gasteiger partial charge on any atom is 0.271 e. The number of primary amides is 1. The number of benzene rings is 2. The Morgan fingerprint density at radius 1 is 0.891 bits per heavy atom. The molecule has 0 radical (unpaired) electrons. The molecule has 46 heavy (non-hydrogen) atoms. The van der Waals surface area contributed by atoms with Crippen LogP contribution in [0, 0.1) is 6.92 Å². The second-order valence-electron chi connectivity index (χ2n) is 13.3. The molecular weight excluding hydrogens is 574 g/mol. The van der Waals surface area contributed by atoms with Crippen molar-refractivity contribution in [2.45, 2.75) is 64.6 Å². The van der Waals surface area contributed by atoms with Gasteiger partial charge in [-0.3, -0.25) is 14.6 Å². The molecule has 6 rings (SSSR count). The molecular formula is C36H51N9O. The molecule has 4 heterocycles. The van der Waals surface area contributed by atoms with E-state index in [4.69, 9.17) is 15.7 Å². The lowest BCUT2D eigenvalue weighted by Crippen LogP contribution is -2.52. The summed E-state index contributed by atoms with van der Waals surface area (Å²) in [5.74, 6) is 0.545. The van der Waals surface area contributed by atoms with Crippen LogP contribution in [-0.4, -0.2) is 102 Å². The van der Waals surface area contributed by atoms with Gasteiger partial charge in [-0.2, -0.15) is 0 Å². The number of anilines is 4. The molecule has 0 bridgehead atoms. The molecule has 246 valence electrons. The number of amides is 1. The summed E-state index contributed by atoms with van der Waals surface area (Å²) in [4.78, 5) is 32.3. The van der Waals surface area contributed by atoms with Crippen molar-refractivity contribution in [2.75, 3.05) is 74.9 Å². The maximum absolute atomic E-state index is 12.5. The lowest BCUT2D eigenvalue weighted by atomic mass is 10.0. The number of nitrogens with one attached hydrogen (secondary N) is 2. The minimum Gasteiger partial charge on any atom is -0.371 e. The van der Waals surface area contributed by atoms with E-state index in [0.717, 1.165) is 62.8 Å². The summed E-state index contributed by atoms with van der Waals surface area (Å²) in [5, 5.41) is 7.06. The quantitative estimate of drug-likeness (QED) is 0.301. The molecule has 1 amide bonds. The lowest BCUT2D eigenvalue weighted by Gasteiger charge is -2.43. The first-order chi connectivity index (χ1) is 22.4. The lowest BCUT2D eigenvalue weighted by molar-refractivity contribution is 0.0982. The van der Waals surface area contributed by atoms with E-state index in [1.54, 1.807) is 0 Å². The fourth-order valence-corrected chi connectivity index (χ4v) is 7.25. The summed E-state index contributed by atoms with van der Waals surface area (Å²) in [7, 11) is 2.22. The van der Waals surface area contributed by atoms with Crippen LogP contribution in [0.5, 0.6) is 0 Å². The summed E-state index contributed by atoms with van der Waals surface area (Å²) in [6.07, 6.45) is 5.09. The highest BCUT2D eigenvalue weighted by Gasteiger charge is 2.28. The van der Waals surface area contributed by atoms with E-state index in [0.29, 0.717) is 24.3 Å². The molecule has 3 aliphatic rings.